The first kappa shape index (κ1) is 20.2. The van der Waals surface area contributed by atoms with Gasteiger partial charge in [0.1, 0.15) is 11.3 Å². The van der Waals surface area contributed by atoms with Gasteiger partial charge in [0.05, 0.1) is 17.5 Å². The molecule has 2 N–H and O–H groups in total. The molecule has 31 heavy (non-hydrogen) atoms. The zero-order valence-electron chi connectivity index (χ0n) is 16.0. The van der Waals surface area contributed by atoms with E-state index in [9.17, 15) is 22.8 Å². The topological polar surface area (TPSA) is 88.6 Å². The molecule has 158 valence electrons. The summed E-state index contributed by atoms with van der Waals surface area (Å²) in [7, 11) is 0. The number of fused-ring (bicyclic) bond motifs is 1. The predicted octanol–water partition coefficient (Wildman–Crippen LogP) is 4.76. The zero-order valence-corrected chi connectivity index (χ0v) is 16.0. The van der Waals surface area contributed by atoms with Gasteiger partial charge in [0.25, 0.3) is 11.8 Å². The van der Waals surface area contributed by atoms with Crippen LogP contribution in [-0.4, -0.2) is 21.2 Å². The maximum atomic E-state index is 13.6. The highest BCUT2D eigenvalue weighted by Crippen LogP contribution is 2.37. The van der Waals surface area contributed by atoms with Crippen LogP contribution < -0.4 is 10.6 Å². The fourth-order valence-corrected chi connectivity index (χ4v) is 3.01. The highest BCUT2D eigenvalue weighted by Gasteiger charge is 2.34. The molecule has 0 saturated carbocycles. The molecule has 0 atom stereocenters. The lowest BCUT2D eigenvalue weighted by Crippen LogP contribution is -2.18. The summed E-state index contributed by atoms with van der Waals surface area (Å²) in [4.78, 5) is 28.7. The second-order valence-corrected chi connectivity index (χ2v) is 6.67. The zero-order chi connectivity index (χ0) is 22.2. The van der Waals surface area contributed by atoms with E-state index in [-0.39, 0.29) is 17.1 Å². The Balaban J connectivity index is 1.61. The first-order valence-corrected chi connectivity index (χ1v) is 9.04. The van der Waals surface area contributed by atoms with E-state index in [4.69, 9.17) is 4.42 Å². The van der Waals surface area contributed by atoms with Crippen molar-refractivity contribution in [2.75, 3.05) is 10.6 Å². The number of hydrogen-bond acceptors (Lipinski definition) is 4. The van der Waals surface area contributed by atoms with Crippen LogP contribution in [0.25, 0.3) is 5.65 Å². The van der Waals surface area contributed by atoms with E-state index < -0.39 is 29.2 Å². The van der Waals surface area contributed by atoms with Gasteiger partial charge in [-0.2, -0.15) is 13.2 Å². The van der Waals surface area contributed by atoms with E-state index in [1.165, 1.54) is 30.7 Å². The molecule has 4 rings (SSSR count). The lowest BCUT2D eigenvalue weighted by Gasteiger charge is -2.15. The second kappa shape index (κ2) is 7.63. The van der Waals surface area contributed by atoms with Crippen molar-refractivity contribution in [3.8, 4) is 0 Å². The summed E-state index contributed by atoms with van der Waals surface area (Å²) in [6.07, 6.45) is -2.05. The Morgan fingerprint density at radius 3 is 2.52 bits per heavy atom. The molecule has 3 aromatic heterocycles. The van der Waals surface area contributed by atoms with Gasteiger partial charge in [-0.05, 0) is 49.4 Å². The number of imidazole rings is 1. The number of nitrogens with zero attached hydrogens (tertiary/aromatic N) is 2. The molecule has 0 aliphatic rings. The number of benzene rings is 1. The summed E-state index contributed by atoms with van der Waals surface area (Å²) in [6.45, 7) is 1.81. The molecule has 0 bridgehead atoms. The summed E-state index contributed by atoms with van der Waals surface area (Å²) < 4.78 is 47.4. The van der Waals surface area contributed by atoms with Crippen molar-refractivity contribution in [1.82, 2.24) is 9.38 Å². The molecule has 0 spiro atoms. The van der Waals surface area contributed by atoms with E-state index >= 15 is 0 Å². The number of rotatable bonds is 4. The first-order chi connectivity index (χ1) is 14.7. The van der Waals surface area contributed by atoms with Crippen LogP contribution in [0, 0.1) is 6.92 Å². The van der Waals surface area contributed by atoms with Gasteiger partial charge in [0.15, 0.2) is 5.76 Å². The van der Waals surface area contributed by atoms with Crippen molar-refractivity contribution in [3.63, 3.8) is 0 Å². The maximum Gasteiger partial charge on any atom is 0.418 e. The van der Waals surface area contributed by atoms with Gasteiger partial charge in [-0.1, -0.05) is 6.07 Å². The molecule has 0 unspecified atom stereocenters. The van der Waals surface area contributed by atoms with Gasteiger partial charge in [0.2, 0.25) is 0 Å². The number of pyridine rings is 1. The monoisotopic (exact) mass is 428 g/mol. The molecular weight excluding hydrogens is 413 g/mol. The van der Waals surface area contributed by atoms with Crippen LogP contribution in [0.4, 0.5) is 24.5 Å². The number of hydrogen-bond donors (Lipinski definition) is 2. The summed E-state index contributed by atoms with van der Waals surface area (Å²) in [6, 6.07) is 11.2. The quantitative estimate of drug-likeness (QED) is 0.491. The summed E-state index contributed by atoms with van der Waals surface area (Å²) in [5.41, 5.74) is -0.387. The minimum atomic E-state index is -4.77. The number of nitrogens with one attached hydrogen (secondary N) is 2. The van der Waals surface area contributed by atoms with Gasteiger partial charge in [-0.25, -0.2) is 4.98 Å². The van der Waals surface area contributed by atoms with E-state index in [0.29, 0.717) is 5.65 Å². The van der Waals surface area contributed by atoms with Gasteiger partial charge in [0, 0.05) is 17.6 Å². The maximum absolute atomic E-state index is 13.6. The van der Waals surface area contributed by atoms with Crippen LogP contribution in [0.15, 0.2) is 65.4 Å². The molecule has 0 fully saturated rings. The van der Waals surface area contributed by atoms with E-state index in [1.807, 2.05) is 13.0 Å². The van der Waals surface area contributed by atoms with E-state index in [0.717, 1.165) is 17.8 Å². The van der Waals surface area contributed by atoms with Crippen LogP contribution in [0.1, 0.15) is 32.3 Å². The van der Waals surface area contributed by atoms with Crippen LogP contribution >= 0.6 is 0 Å². The third kappa shape index (κ3) is 4.13. The molecule has 1 aromatic carbocycles. The number of aromatic nitrogens is 2. The molecule has 0 saturated heterocycles. The summed E-state index contributed by atoms with van der Waals surface area (Å²) in [5.74, 6) is -1.54. The Morgan fingerprint density at radius 2 is 1.84 bits per heavy atom. The molecule has 2 amide bonds. The number of amides is 2. The number of furan rings is 1. The largest absolute Gasteiger partial charge is 0.459 e. The van der Waals surface area contributed by atoms with E-state index in [2.05, 4.69) is 15.6 Å². The van der Waals surface area contributed by atoms with Crippen molar-refractivity contribution in [2.45, 2.75) is 13.1 Å². The Bertz CT molecular complexity index is 1280. The fraction of sp³-hybridized carbons (Fsp3) is 0.0952. The Labute approximate surface area is 173 Å². The van der Waals surface area contributed by atoms with Crippen LogP contribution in [0.5, 0.6) is 0 Å². The average Bonchev–Trinajstić information content (AvgIpc) is 3.39. The van der Waals surface area contributed by atoms with Crippen molar-refractivity contribution < 1.29 is 27.2 Å². The highest BCUT2D eigenvalue weighted by atomic mass is 19.4. The Hall–Kier alpha value is -4.08. The SMILES string of the molecule is Cc1cccc2nc(C(=O)Nc3ccc(NC(=O)c4ccco4)cc3C(F)(F)F)cn12. The third-order valence-corrected chi connectivity index (χ3v) is 4.50. The lowest BCUT2D eigenvalue weighted by molar-refractivity contribution is -0.136. The second-order valence-electron chi connectivity index (χ2n) is 6.67. The molecule has 0 aliphatic heterocycles. The highest BCUT2D eigenvalue weighted by molar-refractivity contribution is 6.05. The van der Waals surface area contributed by atoms with Crippen molar-refractivity contribution in [3.05, 3.63) is 83.7 Å². The lowest BCUT2D eigenvalue weighted by atomic mass is 10.1. The Morgan fingerprint density at radius 1 is 1.03 bits per heavy atom. The van der Waals surface area contributed by atoms with Gasteiger partial charge in [-0.3, -0.25) is 9.59 Å². The minimum absolute atomic E-state index is 0.0300. The van der Waals surface area contributed by atoms with Crippen LogP contribution in [-0.2, 0) is 6.18 Å². The van der Waals surface area contributed by atoms with Crippen LogP contribution in [0.2, 0.25) is 0 Å². The molecule has 7 nitrogen and oxygen atoms in total. The third-order valence-electron chi connectivity index (χ3n) is 4.50. The van der Waals surface area contributed by atoms with Gasteiger partial charge >= 0.3 is 6.18 Å². The smallest absolute Gasteiger partial charge is 0.418 e. The summed E-state index contributed by atoms with van der Waals surface area (Å²) in [5, 5.41) is 4.59. The van der Waals surface area contributed by atoms with Gasteiger partial charge < -0.3 is 19.5 Å². The van der Waals surface area contributed by atoms with Crippen molar-refractivity contribution >= 4 is 28.8 Å². The van der Waals surface area contributed by atoms with Crippen molar-refractivity contribution in [2.24, 2.45) is 0 Å². The summed E-state index contributed by atoms with van der Waals surface area (Å²) >= 11 is 0. The van der Waals surface area contributed by atoms with Gasteiger partial charge in [-0.15, -0.1) is 0 Å². The fourth-order valence-electron chi connectivity index (χ4n) is 3.01. The molecular formula is C21H15F3N4O3. The van der Waals surface area contributed by atoms with E-state index in [1.54, 1.807) is 16.5 Å². The number of carbonyl (C=O) groups excluding carboxylic acids is 2. The number of anilines is 2. The molecule has 10 heteroatoms. The first-order valence-electron chi connectivity index (χ1n) is 9.04. The van der Waals surface area contributed by atoms with Crippen LogP contribution in [0.3, 0.4) is 0 Å². The Kier molecular flexibility index (Phi) is 4.97. The normalized spacial score (nSPS) is 11.5. The molecule has 0 radical (unpaired) electrons. The molecule has 3 heterocycles. The van der Waals surface area contributed by atoms with Crippen molar-refractivity contribution in [1.29, 1.82) is 0 Å². The number of carbonyl (C=O) groups is 2. The molecule has 0 aliphatic carbocycles. The number of halogens is 3. The minimum Gasteiger partial charge on any atom is -0.459 e. The molecule has 4 aromatic rings. The predicted molar refractivity (Wildman–Crippen MR) is 106 cm³/mol. The number of aryl methyl sites for hydroxylation is 1. The average molecular weight is 428 g/mol. The number of alkyl halides is 3. The standard InChI is InChI=1S/C21H15F3N4O3/c1-12-4-2-6-18-26-16(11-28(12)18)19(29)27-15-8-7-13(10-14(15)21(22,23)24)25-20(30)17-5-3-9-31-17/h2-11H,1H3,(H,25,30)(H,27,29).